The second kappa shape index (κ2) is 12.4. The zero-order chi connectivity index (χ0) is 21.0. The Morgan fingerprint density at radius 1 is 0.833 bits per heavy atom. The van der Waals surface area contributed by atoms with E-state index in [2.05, 4.69) is 86.4 Å². The van der Waals surface area contributed by atoms with Crippen LogP contribution in [0.15, 0.2) is 54.6 Å². The molecule has 0 radical (unpaired) electrons. The fourth-order valence-corrected chi connectivity index (χ4v) is 4.30. The minimum absolute atomic E-state index is 0.940. The molecule has 0 atom stereocenters. The zero-order valence-corrected chi connectivity index (χ0v) is 19.0. The average molecular weight is 399 g/mol. The summed E-state index contributed by atoms with van der Waals surface area (Å²) in [4.78, 5) is 0. The van der Waals surface area contributed by atoms with E-state index >= 15 is 0 Å². The molecule has 0 heteroatoms. The van der Waals surface area contributed by atoms with E-state index in [9.17, 15) is 0 Å². The Hall–Kier alpha value is -2.26. The minimum Gasteiger partial charge on any atom is -0.0839 e. The standard InChI is InChI=1S/C30H38/c1-3-4-5-6-7-8-26-13-15-28(16-14-26)19-20-30-23-21-29(22-24-30)18-17-27-11-9-25(2)10-12-27/h7-8,13-16,21-25,27H,3-6,9-12,17-18H2,1-2H3/b8-7+. The quantitative estimate of drug-likeness (QED) is 0.309. The third-order valence-electron chi connectivity index (χ3n) is 6.48. The molecule has 158 valence electrons. The van der Waals surface area contributed by atoms with Crippen LogP contribution in [0, 0.1) is 23.7 Å². The van der Waals surface area contributed by atoms with Gasteiger partial charge in [-0.25, -0.2) is 0 Å². The summed E-state index contributed by atoms with van der Waals surface area (Å²) in [7, 11) is 0. The van der Waals surface area contributed by atoms with Crippen molar-refractivity contribution in [2.75, 3.05) is 0 Å². The van der Waals surface area contributed by atoms with E-state index in [1.165, 1.54) is 75.3 Å². The van der Waals surface area contributed by atoms with Gasteiger partial charge in [0, 0.05) is 11.1 Å². The van der Waals surface area contributed by atoms with Crippen LogP contribution in [0.4, 0.5) is 0 Å². The Bertz CT molecular complexity index is 818. The third kappa shape index (κ3) is 7.87. The summed E-state index contributed by atoms with van der Waals surface area (Å²) in [6, 6.07) is 17.5. The zero-order valence-electron chi connectivity index (χ0n) is 19.0. The molecule has 0 bridgehead atoms. The van der Waals surface area contributed by atoms with E-state index in [-0.39, 0.29) is 0 Å². The van der Waals surface area contributed by atoms with Gasteiger partial charge in [0.2, 0.25) is 0 Å². The van der Waals surface area contributed by atoms with Crippen LogP contribution < -0.4 is 0 Å². The fraction of sp³-hybridized carbons (Fsp3) is 0.467. The van der Waals surface area contributed by atoms with Crippen molar-refractivity contribution >= 4 is 6.08 Å². The van der Waals surface area contributed by atoms with Crippen LogP contribution in [0.2, 0.25) is 0 Å². The van der Waals surface area contributed by atoms with Crippen molar-refractivity contribution in [3.05, 3.63) is 76.9 Å². The van der Waals surface area contributed by atoms with E-state index in [1.54, 1.807) is 0 Å². The molecular formula is C30H38. The van der Waals surface area contributed by atoms with Gasteiger partial charge in [0.25, 0.3) is 0 Å². The highest BCUT2D eigenvalue weighted by molar-refractivity contribution is 5.52. The highest BCUT2D eigenvalue weighted by Crippen LogP contribution is 2.31. The molecule has 0 nitrogen and oxygen atoms in total. The second-order valence-electron chi connectivity index (χ2n) is 9.13. The van der Waals surface area contributed by atoms with Gasteiger partial charge in [-0.15, -0.1) is 0 Å². The molecule has 1 aliphatic rings. The third-order valence-corrected chi connectivity index (χ3v) is 6.48. The average Bonchev–Trinajstić information content (AvgIpc) is 2.79. The van der Waals surface area contributed by atoms with Gasteiger partial charge in [-0.1, -0.05) is 101 Å². The van der Waals surface area contributed by atoms with Crippen molar-refractivity contribution in [3.8, 4) is 11.8 Å². The molecule has 0 spiro atoms. The van der Waals surface area contributed by atoms with E-state index in [1.807, 2.05) is 0 Å². The van der Waals surface area contributed by atoms with Gasteiger partial charge in [-0.2, -0.15) is 0 Å². The molecule has 0 aromatic heterocycles. The number of unbranched alkanes of at least 4 members (excludes halogenated alkanes) is 3. The van der Waals surface area contributed by atoms with Gasteiger partial charge in [-0.05, 0) is 72.9 Å². The number of allylic oxidation sites excluding steroid dienone is 1. The van der Waals surface area contributed by atoms with Crippen LogP contribution in [-0.4, -0.2) is 0 Å². The summed E-state index contributed by atoms with van der Waals surface area (Å²) in [6.45, 7) is 4.65. The summed E-state index contributed by atoms with van der Waals surface area (Å²) >= 11 is 0. The molecule has 1 aliphatic carbocycles. The molecule has 1 fully saturated rings. The maximum atomic E-state index is 3.32. The SMILES string of the molecule is CCCCC/C=C/c1ccc(C#Cc2ccc(CCC3CCC(C)CC3)cc2)cc1. The van der Waals surface area contributed by atoms with E-state index in [0.29, 0.717) is 0 Å². The maximum absolute atomic E-state index is 3.32. The van der Waals surface area contributed by atoms with Crippen molar-refractivity contribution in [1.82, 2.24) is 0 Å². The Morgan fingerprint density at radius 2 is 1.47 bits per heavy atom. The second-order valence-corrected chi connectivity index (χ2v) is 9.13. The predicted octanol–water partition coefficient (Wildman–Crippen LogP) is 8.44. The van der Waals surface area contributed by atoms with Crippen molar-refractivity contribution in [3.63, 3.8) is 0 Å². The van der Waals surface area contributed by atoms with E-state index in [4.69, 9.17) is 0 Å². The number of aryl methyl sites for hydroxylation is 1. The van der Waals surface area contributed by atoms with Crippen LogP contribution in [0.25, 0.3) is 6.08 Å². The van der Waals surface area contributed by atoms with Crippen LogP contribution in [0.1, 0.15) is 93.9 Å². The fourth-order valence-electron chi connectivity index (χ4n) is 4.30. The molecule has 0 saturated heterocycles. The molecule has 0 aliphatic heterocycles. The highest BCUT2D eigenvalue weighted by Gasteiger charge is 2.17. The number of hydrogen-bond donors (Lipinski definition) is 0. The van der Waals surface area contributed by atoms with Crippen LogP contribution in [0.5, 0.6) is 0 Å². The van der Waals surface area contributed by atoms with E-state index in [0.717, 1.165) is 23.0 Å². The summed E-state index contributed by atoms with van der Waals surface area (Å²) in [5.41, 5.74) is 4.89. The first-order chi connectivity index (χ1) is 14.7. The van der Waals surface area contributed by atoms with E-state index < -0.39 is 0 Å². The molecule has 0 heterocycles. The van der Waals surface area contributed by atoms with Crippen molar-refractivity contribution in [1.29, 1.82) is 0 Å². The van der Waals surface area contributed by atoms with Crippen molar-refractivity contribution < 1.29 is 0 Å². The van der Waals surface area contributed by atoms with Gasteiger partial charge in [-0.3, -0.25) is 0 Å². The first-order valence-electron chi connectivity index (χ1n) is 12.1. The first kappa shape index (κ1) is 22.4. The monoisotopic (exact) mass is 398 g/mol. The lowest BCUT2D eigenvalue weighted by molar-refractivity contribution is 0.278. The molecule has 2 aromatic carbocycles. The molecule has 0 unspecified atom stereocenters. The molecule has 30 heavy (non-hydrogen) atoms. The van der Waals surface area contributed by atoms with Crippen LogP contribution >= 0.6 is 0 Å². The minimum atomic E-state index is 0.940. The Balaban J connectivity index is 1.46. The maximum Gasteiger partial charge on any atom is 0.0249 e. The van der Waals surface area contributed by atoms with Crippen molar-refractivity contribution in [2.45, 2.75) is 78.1 Å². The molecule has 2 aromatic rings. The largest absolute Gasteiger partial charge is 0.0839 e. The Labute approximate surface area is 184 Å². The first-order valence-corrected chi connectivity index (χ1v) is 12.1. The number of rotatable bonds is 8. The summed E-state index contributed by atoms with van der Waals surface area (Å²) in [5.74, 6) is 8.51. The summed E-state index contributed by atoms with van der Waals surface area (Å²) in [6.07, 6.45) is 17.8. The summed E-state index contributed by atoms with van der Waals surface area (Å²) < 4.78 is 0. The highest BCUT2D eigenvalue weighted by atomic mass is 14.2. The predicted molar refractivity (Wildman–Crippen MR) is 131 cm³/mol. The molecule has 1 saturated carbocycles. The van der Waals surface area contributed by atoms with Gasteiger partial charge in [0.15, 0.2) is 0 Å². The Kier molecular flexibility index (Phi) is 9.30. The van der Waals surface area contributed by atoms with Gasteiger partial charge in [0.1, 0.15) is 0 Å². The number of benzene rings is 2. The Morgan fingerprint density at radius 3 is 2.10 bits per heavy atom. The topological polar surface area (TPSA) is 0 Å². The van der Waals surface area contributed by atoms with Crippen molar-refractivity contribution in [2.24, 2.45) is 11.8 Å². The lowest BCUT2D eigenvalue weighted by Gasteiger charge is -2.26. The van der Waals surface area contributed by atoms with Crippen LogP contribution in [0.3, 0.4) is 0 Å². The summed E-state index contributed by atoms with van der Waals surface area (Å²) in [5, 5.41) is 0. The van der Waals surface area contributed by atoms with Gasteiger partial charge < -0.3 is 0 Å². The molecule has 0 amide bonds. The lowest BCUT2D eigenvalue weighted by atomic mass is 9.80. The molecule has 3 rings (SSSR count). The lowest BCUT2D eigenvalue weighted by Crippen LogP contribution is -2.12. The van der Waals surface area contributed by atoms with Gasteiger partial charge >= 0.3 is 0 Å². The number of hydrogen-bond acceptors (Lipinski definition) is 0. The smallest absolute Gasteiger partial charge is 0.0249 e. The van der Waals surface area contributed by atoms with Gasteiger partial charge in [0.05, 0.1) is 0 Å². The molecule has 0 N–H and O–H groups in total. The van der Waals surface area contributed by atoms with Crippen LogP contribution in [-0.2, 0) is 6.42 Å². The molecular weight excluding hydrogens is 360 g/mol. The normalized spacial score (nSPS) is 18.9.